The van der Waals surface area contributed by atoms with Gasteiger partial charge in [0.2, 0.25) is 0 Å². The van der Waals surface area contributed by atoms with Gasteiger partial charge in [-0.2, -0.15) is 0 Å². The number of benzene rings is 2. The molecule has 0 radical (unpaired) electrons. The van der Waals surface area contributed by atoms with Gasteiger partial charge in [0.15, 0.2) is 0 Å². The molecular weight excluding hydrogens is 422 g/mol. The summed E-state index contributed by atoms with van der Waals surface area (Å²) in [5.74, 6) is -0.150. The minimum absolute atomic E-state index is 0.225. The molecule has 3 rings (SSSR count). The monoisotopic (exact) mass is 451 g/mol. The van der Waals surface area contributed by atoms with Crippen molar-refractivity contribution in [2.75, 3.05) is 27.4 Å². The second-order valence-corrected chi connectivity index (χ2v) is 7.34. The van der Waals surface area contributed by atoms with Crippen LogP contribution in [-0.4, -0.2) is 44.3 Å². The predicted octanol–water partition coefficient (Wildman–Crippen LogP) is 4.20. The zero-order valence-corrected chi connectivity index (χ0v) is 19.4. The number of methoxy groups -OCH3 is 2. The summed E-state index contributed by atoms with van der Waals surface area (Å²) in [6.45, 7) is 4.40. The number of hydrogen-bond acceptors (Lipinski definition) is 7. The van der Waals surface area contributed by atoms with Crippen LogP contribution in [0.3, 0.4) is 0 Å². The van der Waals surface area contributed by atoms with E-state index in [1.165, 1.54) is 0 Å². The Morgan fingerprint density at radius 2 is 1.21 bits per heavy atom. The highest BCUT2D eigenvalue weighted by atomic mass is 16.5. The van der Waals surface area contributed by atoms with E-state index in [9.17, 15) is 9.59 Å². The minimum Gasteiger partial charge on any atom is -0.497 e. The van der Waals surface area contributed by atoms with Gasteiger partial charge < -0.3 is 23.8 Å². The Labute approximate surface area is 194 Å². The van der Waals surface area contributed by atoms with Gasteiger partial charge in [0.25, 0.3) is 0 Å². The molecule has 0 fully saturated rings. The lowest BCUT2D eigenvalue weighted by Crippen LogP contribution is -2.29. The fourth-order valence-corrected chi connectivity index (χ4v) is 3.67. The van der Waals surface area contributed by atoms with Crippen molar-refractivity contribution in [2.45, 2.75) is 26.3 Å². The van der Waals surface area contributed by atoms with Gasteiger partial charge in [0.05, 0.1) is 44.5 Å². The summed E-state index contributed by atoms with van der Waals surface area (Å²) in [7, 11) is 3.20. The van der Waals surface area contributed by atoms with E-state index in [2.05, 4.69) is 0 Å². The molecule has 0 N–H and O–H groups in total. The van der Waals surface area contributed by atoms with Crippen LogP contribution in [0.4, 0.5) is 0 Å². The van der Waals surface area contributed by atoms with Gasteiger partial charge in [0, 0.05) is 18.9 Å². The number of esters is 2. The molecule has 0 unspecified atom stereocenters. The summed E-state index contributed by atoms with van der Waals surface area (Å²) in [5.41, 5.74) is 2.47. The normalized spacial score (nSPS) is 13.6. The van der Waals surface area contributed by atoms with Crippen LogP contribution in [0.25, 0.3) is 0 Å². The second-order valence-electron chi connectivity index (χ2n) is 7.34. The second kappa shape index (κ2) is 11.2. The first-order chi connectivity index (χ1) is 16.0. The smallest absolute Gasteiger partial charge is 0.336 e. The number of carbonyl (C=O) groups excluding carboxylic acids is 2. The van der Waals surface area contributed by atoms with E-state index in [1.807, 2.05) is 36.4 Å². The van der Waals surface area contributed by atoms with Crippen LogP contribution in [0.15, 0.2) is 72.1 Å². The quantitative estimate of drug-likeness (QED) is 0.529. The average Bonchev–Trinajstić information content (AvgIpc) is 2.84. The van der Waals surface area contributed by atoms with Crippen molar-refractivity contribution in [1.29, 1.82) is 0 Å². The number of hydrogen-bond donors (Lipinski definition) is 0. The highest BCUT2D eigenvalue weighted by molar-refractivity contribution is 5.98. The van der Waals surface area contributed by atoms with Crippen LogP contribution < -0.4 is 9.47 Å². The lowest BCUT2D eigenvalue weighted by atomic mass is 9.83. The maximum atomic E-state index is 13.0. The molecule has 0 amide bonds. The SMILES string of the molecule is CCOC(=O)C1=CN(Cc2ccc(OC)cc2)C=C(C(=O)OCC)C1c1ccc(OC)cc1. The molecule has 0 bridgehead atoms. The first-order valence-corrected chi connectivity index (χ1v) is 10.8. The van der Waals surface area contributed by atoms with Crippen molar-refractivity contribution >= 4 is 11.9 Å². The van der Waals surface area contributed by atoms with Crippen molar-refractivity contribution in [2.24, 2.45) is 0 Å². The molecule has 0 aliphatic carbocycles. The maximum absolute atomic E-state index is 13.0. The largest absolute Gasteiger partial charge is 0.497 e. The van der Waals surface area contributed by atoms with Crippen LogP contribution in [0.1, 0.15) is 30.9 Å². The Balaban J connectivity index is 2.04. The van der Waals surface area contributed by atoms with Crippen molar-refractivity contribution in [3.05, 3.63) is 83.2 Å². The van der Waals surface area contributed by atoms with E-state index >= 15 is 0 Å². The molecule has 0 saturated heterocycles. The molecule has 7 heteroatoms. The van der Waals surface area contributed by atoms with Crippen molar-refractivity contribution in [1.82, 2.24) is 4.90 Å². The highest BCUT2D eigenvalue weighted by Gasteiger charge is 2.35. The van der Waals surface area contributed by atoms with Gasteiger partial charge in [-0.25, -0.2) is 9.59 Å². The maximum Gasteiger partial charge on any atom is 0.336 e. The molecule has 0 atom stereocenters. The van der Waals surface area contributed by atoms with Gasteiger partial charge in [0.1, 0.15) is 11.5 Å². The fraction of sp³-hybridized carbons (Fsp3) is 0.308. The lowest BCUT2D eigenvalue weighted by molar-refractivity contribution is -0.139. The molecular formula is C26H29NO6. The third-order valence-electron chi connectivity index (χ3n) is 5.23. The van der Waals surface area contributed by atoms with Crippen molar-refractivity contribution < 1.29 is 28.5 Å². The predicted molar refractivity (Wildman–Crippen MR) is 124 cm³/mol. The van der Waals surface area contributed by atoms with Crippen molar-refractivity contribution in [3.8, 4) is 11.5 Å². The first kappa shape index (κ1) is 23.9. The molecule has 0 saturated carbocycles. The summed E-state index contributed by atoms with van der Waals surface area (Å²) < 4.78 is 21.2. The topological polar surface area (TPSA) is 74.3 Å². The standard InChI is InChI=1S/C26H29NO6/c1-5-32-25(28)22-16-27(15-18-7-11-20(30-3)12-8-18)17-23(26(29)33-6-2)24(22)19-9-13-21(31-4)14-10-19/h7-14,16-17,24H,5-6,15H2,1-4H3. The van der Waals surface area contributed by atoms with E-state index in [0.717, 1.165) is 16.9 Å². The van der Waals surface area contributed by atoms with Crippen LogP contribution in [-0.2, 0) is 25.6 Å². The van der Waals surface area contributed by atoms with E-state index in [1.54, 1.807) is 57.5 Å². The fourth-order valence-electron chi connectivity index (χ4n) is 3.67. The minimum atomic E-state index is -0.624. The van der Waals surface area contributed by atoms with E-state index < -0.39 is 17.9 Å². The van der Waals surface area contributed by atoms with Gasteiger partial charge in [-0.3, -0.25) is 0 Å². The number of nitrogens with zero attached hydrogens (tertiary/aromatic N) is 1. The lowest BCUT2D eigenvalue weighted by Gasteiger charge is -2.30. The molecule has 1 aliphatic rings. The Morgan fingerprint density at radius 1 is 0.758 bits per heavy atom. The molecule has 1 aliphatic heterocycles. The molecule has 0 aromatic heterocycles. The molecule has 33 heavy (non-hydrogen) atoms. The van der Waals surface area contributed by atoms with E-state index in [0.29, 0.717) is 23.4 Å². The summed E-state index contributed by atoms with van der Waals surface area (Å²) in [5, 5.41) is 0. The number of carbonyl (C=O) groups is 2. The molecule has 7 nitrogen and oxygen atoms in total. The van der Waals surface area contributed by atoms with Gasteiger partial charge >= 0.3 is 11.9 Å². The summed E-state index contributed by atoms with van der Waals surface area (Å²) in [6, 6.07) is 14.9. The highest BCUT2D eigenvalue weighted by Crippen LogP contribution is 2.38. The Morgan fingerprint density at radius 3 is 1.64 bits per heavy atom. The molecule has 1 heterocycles. The third kappa shape index (κ3) is 5.74. The summed E-state index contributed by atoms with van der Waals surface area (Å²) >= 11 is 0. The van der Waals surface area contributed by atoms with E-state index in [-0.39, 0.29) is 13.2 Å². The van der Waals surface area contributed by atoms with Gasteiger partial charge in [-0.15, -0.1) is 0 Å². The average molecular weight is 452 g/mol. The van der Waals surface area contributed by atoms with Crippen LogP contribution in [0.5, 0.6) is 11.5 Å². The Kier molecular flexibility index (Phi) is 8.13. The van der Waals surface area contributed by atoms with Gasteiger partial charge in [-0.1, -0.05) is 24.3 Å². The first-order valence-electron chi connectivity index (χ1n) is 10.8. The molecule has 0 spiro atoms. The zero-order chi connectivity index (χ0) is 23.8. The van der Waals surface area contributed by atoms with Crippen LogP contribution in [0, 0.1) is 0 Å². The molecule has 174 valence electrons. The molecule has 2 aromatic carbocycles. The van der Waals surface area contributed by atoms with Crippen molar-refractivity contribution in [3.63, 3.8) is 0 Å². The van der Waals surface area contributed by atoms with Crippen LogP contribution in [0.2, 0.25) is 0 Å². The van der Waals surface area contributed by atoms with Crippen LogP contribution >= 0.6 is 0 Å². The number of rotatable bonds is 9. The summed E-state index contributed by atoms with van der Waals surface area (Å²) in [6.07, 6.45) is 3.47. The molecule has 2 aromatic rings. The Hall–Kier alpha value is -3.74. The summed E-state index contributed by atoms with van der Waals surface area (Å²) in [4.78, 5) is 27.8. The third-order valence-corrected chi connectivity index (χ3v) is 5.23. The number of ether oxygens (including phenoxy) is 4. The van der Waals surface area contributed by atoms with E-state index in [4.69, 9.17) is 18.9 Å². The van der Waals surface area contributed by atoms with Gasteiger partial charge in [-0.05, 0) is 49.2 Å². The zero-order valence-electron chi connectivity index (χ0n) is 19.4. The Bertz CT molecular complexity index is 988.